The van der Waals surface area contributed by atoms with Gasteiger partial charge in [-0.05, 0) is 19.3 Å². The maximum Gasteiger partial charge on any atom is 0.472 e. The van der Waals surface area contributed by atoms with Crippen molar-refractivity contribution in [1.82, 2.24) is 0 Å². The number of aliphatic hydroxyl groups excluding tert-OH is 10. The van der Waals surface area contributed by atoms with Crippen molar-refractivity contribution in [1.29, 1.82) is 0 Å². The van der Waals surface area contributed by atoms with E-state index in [0.717, 1.165) is 89.9 Å². The van der Waals surface area contributed by atoms with Crippen LogP contribution >= 0.6 is 7.82 Å². The number of unbranched alkanes of at least 4 members (excludes halogenated alkanes) is 42. The fraction of sp³-hybridized carbons (Fsp3) is 0.960. The zero-order valence-electron chi connectivity index (χ0n) is 61.8. The van der Waals surface area contributed by atoms with Gasteiger partial charge in [-0.25, -0.2) is 4.57 Å². The Hall–Kier alpha value is -2.04. The van der Waals surface area contributed by atoms with Crippen molar-refractivity contribution in [2.75, 3.05) is 26.4 Å². The smallest absolute Gasteiger partial charge is 0.463 e. The number of ether oxygens (including phenoxy) is 7. The Balaban J connectivity index is 1.71. The number of hydrogen-bond acceptors (Lipinski definition) is 23. The van der Waals surface area contributed by atoms with E-state index in [1.807, 2.05) is 0 Å². The highest BCUT2D eigenvalue weighted by molar-refractivity contribution is 7.47. The third-order valence-electron chi connectivity index (χ3n) is 19.9. The van der Waals surface area contributed by atoms with Gasteiger partial charge in [-0.1, -0.05) is 290 Å². The van der Waals surface area contributed by atoms with Gasteiger partial charge in [0, 0.05) is 19.3 Å². The Morgan fingerprint density at radius 1 is 0.350 bits per heavy atom. The van der Waals surface area contributed by atoms with Crippen LogP contribution in [-0.4, -0.2) is 204 Å². The van der Waals surface area contributed by atoms with E-state index in [4.69, 9.17) is 42.2 Å². The summed E-state index contributed by atoms with van der Waals surface area (Å²) in [5.41, 5.74) is 0. The molecule has 1 saturated carbocycles. The van der Waals surface area contributed by atoms with Gasteiger partial charge in [-0.15, -0.1) is 0 Å². The highest BCUT2D eigenvalue weighted by atomic mass is 31.2. The second-order valence-electron chi connectivity index (χ2n) is 28.8. The molecule has 0 aromatic rings. The standard InChI is InChI=1S/C75H141O24P/c1-4-7-10-13-16-19-22-25-27-29-32-35-37-40-43-46-49-59(77)91-53-56(94-61(79)51-48-45-42-39-36-33-30-28-26-23-20-17-14-11-8-5-2)54-93-100(89,90)99-73-71(97-74-69(87)64(82)62(80)57(52-76)95-74)67(85)66(84)68(86)72(73)98-75-70(88)65(83)63(81)58(96-75)55-92-60(78)50-47-44-41-38-34-31-24-21-18-15-12-9-6-3/h56-58,62-76,80-88H,4-55H2,1-3H3,(H,89,90). The van der Waals surface area contributed by atoms with E-state index in [9.17, 15) is 74.9 Å². The molecule has 100 heavy (non-hydrogen) atoms. The minimum Gasteiger partial charge on any atom is -0.463 e. The summed E-state index contributed by atoms with van der Waals surface area (Å²) < 4.78 is 65.2. The van der Waals surface area contributed by atoms with E-state index in [0.29, 0.717) is 19.3 Å². The minimum absolute atomic E-state index is 0.0326. The molecule has 0 spiro atoms. The molecule has 18 atom stereocenters. The Labute approximate surface area is 600 Å². The second-order valence-corrected chi connectivity index (χ2v) is 30.2. The van der Waals surface area contributed by atoms with Crippen LogP contribution in [0.15, 0.2) is 0 Å². The molecule has 0 radical (unpaired) electrons. The van der Waals surface area contributed by atoms with Crippen molar-refractivity contribution in [2.45, 2.75) is 433 Å². The third-order valence-corrected chi connectivity index (χ3v) is 20.9. The molecule has 2 saturated heterocycles. The summed E-state index contributed by atoms with van der Waals surface area (Å²) in [5.74, 6) is -1.97. The van der Waals surface area contributed by atoms with Gasteiger partial charge >= 0.3 is 25.7 Å². The van der Waals surface area contributed by atoms with Gasteiger partial charge in [0.1, 0.15) is 98.7 Å². The average Bonchev–Trinajstić information content (AvgIpc) is 0.762. The molecule has 590 valence electrons. The van der Waals surface area contributed by atoms with Crippen LogP contribution in [0.1, 0.15) is 329 Å². The van der Waals surface area contributed by atoms with Crippen molar-refractivity contribution < 1.29 is 117 Å². The fourth-order valence-corrected chi connectivity index (χ4v) is 14.4. The maximum absolute atomic E-state index is 14.4. The van der Waals surface area contributed by atoms with Crippen LogP contribution in [0.3, 0.4) is 0 Å². The first-order valence-electron chi connectivity index (χ1n) is 39.8. The van der Waals surface area contributed by atoms with Gasteiger partial charge < -0.3 is 89.1 Å². The molecule has 2 aliphatic heterocycles. The normalized spacial score (nSPS) is 27.3. The monoisotopic (exact) mass is 1460 g/mol. The van der Waals surface area contributed by atoms with Crippen LogP contribution in [0.2, 0.25) is 0 Å². The lowest BCUT2D eigenvalue weighted by molar-refractivity contribution is -0.360. The molecule has 25 heteroatoms. The van der Waals surface area contributed by atoms with Crippen molar-refractivity contribution >= 4 is 25.7 Å². The fourth-order valence-electron chi connectivity index (χ4n) is 13.4. The van der Waals surface area contributed by atoms with Gasteiger partial charge in [0.15, 0.2) is 18.7 Å². The minimum atomic E-state index is -5.69. The van der Waals surface area contributed by atoms with E-state index in [1.54, 1.807) is 0 Å². The number of rotatable bonds is 63. The molecule has 24 nitrogen and oxygen atoms in total. The predicted octanol–water partition coefficient (Wildman–Crippen LogP) is 11.7. The molecular weight excluding hydrogens is 1320 g/mol. The van der Waals surface area contributed by atoms with Gasteiger partial charge in [-0.2, -0.15) is 0 Å². The Kier molecular flexibility index (Phi) is 52.7. The van der Waals surface area contributed by atoms with E-state index < -0.39 is 156 Å². The first-order chi connectivity index (χ1) is 48.3. The number of aliphatic hydroxyl groups is 10. The number of esters is 3. The van der Waals surface area contributed by atoms with Crippen molar-refractivity contribution in [3.05, 3.63) is 0 Å². The number of carbonyl (C=O) groups is 3. The van der Waals surface area contributed by atoms with Crippen LogP contribution in [0.5, 0.6) is 0 Å². The summed E-state index contributed by atoms with van der Waals surface area (Å²) in [5, 5.41) is 110. The highest BCUT2D eigenvalue weighted by Crippen LogP contribution is 2.49. The summed E-state index contributed by atoms with van der Waals surface area (Å²) in [7, 11) is -5.69. The molecule has 0 amide bonds. The average molecular weight is 1460 g/mol. The number of hydrogen-bond donors (Lipinski definition) is 11. The zero-order chi connectivity index (χ0) is 73.2. The lowest BCUT2D eigenvalue weighted by Gasteiger charge is -2.49. The van der Waals surface area contributed by atoms with Crippen LogP contribution in [0.4, 0.5) is 0 Å². The molecule has 18 unspecified atom stereocenters. The molecule has 1 aliphatic carbocycles. The number of phosphoric acid groups is 1. The van der Waals surface area contributed by atoms with Crippen molar-refractivity contribution in [3.63, 3.8) is 0 Å². The maximum atomic E-state index is 14.4. The number of phosphoric ester groups is 1. The Morgan fingerprint density at radius 3 is 0.980 bits per heavy atom. The van der Waals surface area contributed by atoms with E-state index in [2.05, 4.69) is 20.8 Å². The predicted molar refractivity (Wildman–Crippen MR) is 379 cm³/mol. The molecule has 0 bridgehead atoms. The molecule has 0 aromatic heterocycles. The first kappa shape index (κ1) is 92.2. The summed E-state index contributed by atoms with van der Waals surface area (Å²) in [6, 6.07) is 0. The van der Waals surface area contributed by atoms with Crippen LogP contribution in [-0.2, 0) is 61.2 Å². The van der Waals surface area contributed by atoms with Crippen LogP contribution in [0.25, 0.3) is 0 Å². The van der Waals surface area contributed by atoms with E-state index in [-0.39, 0.29) is 19.3 Å². The summed E-state index contributed by atoms with van der Waals surface area (Å²) in [6.45, 7) is 3.50. The molecule has 3 fully saturated rings. The first-order valence-corrected chi connectivity index (χ1v) is 41.3. The van der Waals surface area contributed by atoms with Gasteiger partial charge in [0.2, 0.25) is 0 Å². The third kappa shape index (κ3) is 39.5. The molecular formula is C75H141O24P. The van der Waals surface area contributed by atoms with Gasteiger partial charge in [0.25, 0.3) is 0 Å². The Bertz CT molecular complexity index is 2060. The summed E-state index contributed by atoms with van der Waals surface area (Å²) in [6.07, 6.45) is 15.7. The molecule has 11 N–H and O–H groups in total. The highest BCUT2D eigenvalue weighted by Gasteiger charge is 2.58. The molecule has 3 rings (SSSR count). The molecule has 0 aromatic carbocycles. The van der Waals surface area contributed by atoms with Crippen LogP contribution in [0, 0.1) is 0 Å². The second kappa shape index (κ2) is 57.2. The van der Waals surface area contributed by atoms with E-state index >= 15 is 0 Å². The quantitative estimate of drug-likeness (QED) is 0.0117. The van der Waals surface area contributed by atoms with Gasteiger partial charge in [-0.3, -0.25) is 23.4 Å². The lowest BCUT2D eigenvalue weighted by atomic mass is 9.84. The van der Waals surface area contributed by atoms with E-state index in [1.165, 1.54) is 180 Å². The zero-order valence-corrected chi connectivity index (χ0v) is 62.7. The summed E-state index contributed by atoms with van der Waals surface area (Å²) in [4.78, 5) is 51.1. The molecule has 2 heterocycles. The number of carbonyl (C=O) groups excluding carboxylic acids is 3. The largest absolute Gasteiger partial charge is 0.472 e. The van der Waals surface area contributed by atoms with Crippen molar-refractivity contribution in [2.24, 2.45) is 0 Å². The Morgan fingerprint density at radius 2 is 0.640 bits per heavy atom. The van der Waals surface area contributed by atoms with Crippen molar-refractivity contribution in [3.8, 4) is 0 Å². The van der Waals surface area contributed by atoms with Crippen LogP contribution < -0.4 is 0 Å². The van der Waals surface area contributed by atoms with Gasteiger partial charge in [0.05, 0.1) is 13.2 Å². The topological polar surface area (TPSA) is 374 Å². The molecule has 3 aliphatic rings. The SMILES string of the molecule is CCCCCCCCCCCCCCCCCCC(=O)OCC(COP(=O)(O)OC1C(OC2OC(CO)C(O)C(O)C2O)C(O)C(O)C(O)C1OC1OC(COC(=O)CCCCCCCCCCCCCCC)C(O)C(O)C1O)OC(=O)CCCCCCCCCCCCCCCCCC. The lowest BCUT2D eigenvalue weighted by Crippen LogP contribution is -2.69. The summed E-state index contributed by atoms with van der Waals surface area (Å²) >= 11 is 0.